The fourth-order valence-electron chi connectivity index (χ4n) is 3.21. The van der Waals surface area contributed by atoms with Crippen molar-refractivity contribution >= 4 is 46.1 Å². The van der Waals surface area contributed by atoms with Crippen LogP contribution in [0.5, 0.6) is 0 Å². The van der Waals surface area contributed by atoms with Crippen LogP contribution in [0, 0.1) is 0 Å². The molecule has 0 aliphatic carbocycles. The molecular formula is C30H30N6O4. The molecule has 0 aliphatic heterocycles. The zero-order valence-corrected chi connectivity index (χ0v) is 22.6. The summed E-state index contributed by atoms with van der Waals surface area (Å²) in [5.74, 6) is -1.90. The van der Waals surface area contributed by atoms with Crippen molar-refractivity contribution in [3.8, 4) is 0 Å². The normalized spacial score (nSPS) is 10.7. The van der Waals surface area contributed by atoms with E-state index in [0.29, 0.717) is 11.4 Å². The summed E-state index contributed by atoms with van der Waals surface area (Å²) in [5, 5.41) is 34.0. The van der Waals surface area contributed by atoms with Gasteiger partial charge >= 0.3 is 11.9 Å². The third-order valence-electron chi connectivity index (χ3n) is 5.52. The van der Waals surface area contributed by atoms with Crippen LogP contribution in [-0.4, -0.2) is 50.3 Å². The Bertz CT molecular complexity index is 1350. The summed E-state index contributed by atoms with van der Waals surface area (Å²) in [5.41, 5.74) is 5.39. The number of carboxylic acids is 2. The fraction of sp³-hybridized carbons (Fsp3) is 0.133. The number of azo groups is 2. The Morgan fingerprint density at radius 1 is 0.450 bits per heavy atom. The third kappa shape index (κ3) is 8.88. The topological polar surface area (TPSA) is 131 Å². The molecule has 0 saturated heterocycles. The molecule has 0 heterocycles. The number of nitrogens with zero attached hydrogens (tertiary/aromatic N) is 6. The highest BCUT2D eigenvalue weighted by Gasteiger charge is 2.02. The van der Waals surface area contributed by atoms with Crippen molar-refractivity contribution in [2.24, 2.45) is 20.5 Å². The van der Waals surface area contributed by atoms with Crippen molar-refractivity contribution in [1.29, 1.82) is 0 Å². The maximum absolute atomic E-state index is 10.7. The van der Waals surface area contributed by atoms with Crippen LogP contribution in [0.3, 0.4) is 0 Å². The number of hydrogen-bond acceptors (Lipinski definition) is 8. The molecule has 0 unspecified atom stereocenters. The first-order chi connectivity index (χ1) is 19.1. The Morgan fingerprint density at radius 3 is 0.875 bits per heavy atom. The van der Waals surface area contributed by atoms with Gasteiger partial charge in [0.2, 0.25) is 0 Å². The Hall–Kier alpha value is -5.38. The molecule has 0 atom stereocenters. The van der Waals surface area contributed by atoms with Crippen molar-refractivity contribution in [2.75, 3.05) is 38.0 Å². The molecule has 40 heavy (non-hydrogen) atoms. The van der Waals surface area contributed by atoms with E-state index in [1.165, 1.54) is 24.3 Å². The van der Waals surface area contributed by atoms with Crippen LogP contribution in [-0.2, 0) is 0 Å². The molecule has 4 aromatic rings. The van der Waals surface area contributed by atoms with Crippen molar-refractivity contribution in [3.63, 3.8) is 0 Å². The number of hydrogen-bond donors (Lipinski definition) is 2. The highest BCUT2D eigenvalue weighted by molar-refractivity contribution is 5.88. The Kier molecular flexibility index (Phi) is 10.2. The first kappa shape index (κ1) is 29.2. The van der Waals surface area contributed by atoms with Gasteiger partial charge in [-0.2, -0.15) is 20.5 Å². The monoisotopic (exact) mass is 538 g/mol. The van der Waals surface area contributed by atoms with Gasteiger partial charge < -0.3 is 20.0 Å². The lowest BCUT2D eigenvalue weighted by atomic mass is 10.2. The highest BCUT2D eigenvalue weighted by Crippen LogP contribution is 2.23. The summed E-state index contributed by atoms with van der Waals surface area (Å²) in [4.78, 5) is 25.5. The molecule has 0 saturated carbocycles. The van der Waals surface area contributed by atoms with Gasteiger partial charge in [-0.15, -0.1) is 0 Å². The first-order valence-electron chi connectivity index (χ1n) is 12.2. The number of rotatable bonds is 8. The summed E-state index contributed by atoms with van der Waals surface area (Å²) < 4.78 is 0. The van der Waals surface area contributed by atoms with E-state index >= 15 is 0 Å². The molecule has 0 fully saturated rings. The largest absolute Gasteiger partial charge is 0.478 e. The molecule has 0 aliphatic rings. The lowest BCUT2D eigenvalue weighted by molar-refractivity contribution is 0.0686. The maximum atomic E-state index is 10.7. The summed E-state index contributed by atoms with van der Waals surface area (Å²) in [6, 6.07) is 27.9. The van der Waals surface area contributed by atoms with Crippen LogP contribution in [0.1, 0.15) is 20.7 Å². The van der Waals surface area contributed by atoms with Crippen LogP contribution < -0.4 is 9.80 Å². The lowest BCUT2D eigenvalue weighted by Crippen LogP contribution is -2.07. The van der Waals surface area contributed by atoms with Gasteiger partial charge in [-0.1, -0.05) is 0 Å². The van der Waals surface area contributed by atoms with Gasteiger partial charge in [-0.25, -0.2) is 9.59 Å². The zero-order valence-electron chi connectivity index (χ0n) is 22.6. The van der Waals surface area contributed by atoms with Crippen LogP contribution in [0.25, 0.3) is 0 Å². The zero-order chi connectivity index (χ0) is 29.1. The Balaban J connectivity index is 0.000000220. The van der Waals surface area contributed by atoms with Gasteiger partial charge in [0, 0.05) is 39.6 Å². The molecule has 0 aromatic heterocycles. The number of anilines is 2. The standard InChI is InChI=1S/2C15H15N3O2/c2*1-18(2)14-9-7-13(8-10-14)17-16-12-5-3-11(4-6-12)15(19)20/h2*3-10H,1-2H3,(H,19,20). The molecule has 0 spiro atoms. The van der Waals surface area contributed by atoms with Gasteiger partial charge in [0.05, 0.1) is 33.9 Å². The number of benzene rings is 4. The average Bonchev–Trinajstić information content (AvgIpc) is 2.96. The summed E-state index contributed by atoms with van der Waals surface area (Å²) in [6.07, 6.45) is 0. The average molecular weight is 539 g/mol. The van der Waals surface area contributed by atoms with E-state index in [9.17, 15) is 9.59 Å². The van der Waals surface area contributed by atoms with Gasteiger partial charge in [0.25, 0.3) is 0 Å². The van der Waals surface area contributed by atoms with E-state index in [2.05, 4.69) is 20.5 Å². The van der Waals surface area contributed by atoms with E-state index < -0.39 is 11.9 Å². The second-order valence-electron chi connectivity index (χ2n) is 8.93. The van der Waals surface area contributed by atoms with Crippen LogP contribution >= 0.6 is 0 Å². The predicted octanol–water partition coefficient (Wildman–Crippen LogP) is 7.73. The third-order valence-corrected chi connectivity index (χ3v) is 5.52. The van der Waals surface area contributed by atoms with Gasteiger partial charge in [0.15, 0.2) is 0 Å². The predicted molar refractivity (Wildman–Crippen MR) is 157 cm³/mol. The first-order valence-corrected chi connectivity index (χ1v) is 12.2. The lowest BCUT2D eigenvalue weighted by Gasteiger charge is -2.11. The minimum Gasteiger partial charge on any atom is -0.478 e. The smallest absolute Gasteiger partial charge is 0.335 e. The van der Waals surface area contributed by atoms with Crippen molar-refractivity contribution in [3.05, 3.63) is 108 Å². The van der Waals surface area contributed by atoms with Crippen molar-refractivity contribution in [2.45, 2.75) is 0 Å². The minimum absolute atomic E-state index is 0.235. The minimum atomic E-state index is -0.951. The summed E-state index contributed by atoms with van der Waals surface area (Å²) in [6.45, 7) is 0. The SMILES string of the molecule is CN(C)c1ccc(N=Nc2ccc(C(=O)O)cc2)cc1.CN(C)c1ccc(N=Nc2ccc(C(=O)O)cc2)cc1. The molecule has 4 rings (SSSR count). The van der Waals surface area contributed by atoms with Crippen LogP contribution in [0.4, 0.5) is 34.1 Å². The molecule has 0 amide bonds. The van der Waals surface area contributed by atoms with Gasteiger partial charge in [-0.05, 0) is 97.1 Å². The van der Waals surface area contributed by atoms with E-state index in [0.717, 1.165) is 22.7 Å². The molecular weight excluding hydrogens is 508 g/mol. The van der Waals surface area contributed by atoms with E-state index in [4.69, 9.17) is 10.2 Å². The maximum Gasteiger partial charge on any atom is 0.335 e. The van der Waals surface area contributed by atoms with Gasteiger partial charge in [0.1, 0.15) is 0 Å². The van der Waals surface area contributed by atoms with E-state index in [1.807, 2.05) is 86.5 Å². The highest BCUT2D eigenvalue weighted by atomic mass is 16.4. The second-order valence-corrected chi connectivity index (χ2v) is 8.93. The van der Waals surface area contributed by atoms with Gasteiger partial charge in [-0.3, -0.25) is 0 Å². The summed E-state index contributed by atoms with van der Waals surface area (Å²) in [7, 11) is 7.89. The second kappa shape index (κ2) is 14.0. The molecule has 10 heteroatoms. The molecule has 2 N–H and O–H groups in total. The fourth-order valence-corrected chi connectivity index (χ4v) is 3.21. The Labute approximate surface area is 232 Å². The van der Waals surface area contributed by atoms with Crippen molar-refractivity contribution in [1.82, 2.24) is 0 Å². The van der Waals surface area contributed by atoms with E-state index in [1.54, 1.807) is 24.3 Å². The molecule has 0 radical (unpaired) electrons. The molecule has 0 bridgehead atoms. The van der Waals surface area contributed by atoms with Crippen molar-refractivity contribution < 1.29 is 19.8 Å². The number of carbonyl (C=O) groups is 2. The number of carboxylic acid groups (broad SMARTS) is 2. The van der Waals surface area contributed by atoms with Crippen LogP contribution in [0.15, 0.2) is 118 Å². The number of aromatic carboxylic acids is 2. The molecule has 4 aromatic carbocycles. The molecule has 10 nitrogen and oxygen atoms in total. The Morgan fingerprint density at radius 2 is 0.675 bits per heavy atom. The quantitative estimate of drug-likeness (QED) is 0.221. The molecule has 204 valence electrons. The summed E-state index contributed by atoms with van der Waals surface area (Å²) >= 11 is 0. The van der Waals surface area contributed by atoms with Crippen LogP contribution in [0.2, 0.25) is 0 Å². The van der Waals surface area contributed by atoms with E-state index in [-0.39, 0.29) is 11.1 Å².